The van der Waals surface area contributed by atoms with Gasteiger partial charge in [-0.05, 0) is 28.1 Å². The summed E-state index contributed by atoms with van der Waals surface area (Å²) in [4.78, 5) is 11.7. The van der Waals surface area contributed by atoms with Crippen molar-refractivity contribution in [2.75, 3.05) is 31.7 Å². The predicted octanol–water partition coefficient (Wildman–Crippen LogP) is -0.307. The molecule has 0 saturated heterocycles. The van der Waals surface area contributed by atoms with Gasteiger partial charge in [0, 0.05) is 4.47 Å². The lowest BCUT2D eigenvalue weighted by Crippen LogP contribution is -2.56. The van der Waals surface area contributed by atoms with E-state index in [9.17, 15) is 4.79 Å². The van der Waals surface area contributed by atoms with Crippen LogP contribution in [0.25, 0.3) is 0 Å². The Morgan fingerprint density at radius 1 is 1.16 bits per heavy atom. The fourth-order valence-electron chi connectivity index (χ4n) is 1.34. The SMILES string of the molecule is O=C(CNC(CO)(CO)CO)Nc1ccccc1Br. The second-order valence-electron chi connectivity index (χ2n) is 4.14. The standard InChI is InChI=1S/C12H17BrN2O4/c13-9-3-1-2-4-10(9)15-11(19)5-14-12(6-16,7-17)8-18/h1-4,14,16-18H,5-8H2,(H,15,19). The molecular formula is C12H17BrN2O4. The minimum atomic E-state index is -1.26. The average Bonchev–Trinajstić information content (AvgIpc) is 2.44. The summed E-state index contributed by atoms with van der Waals surface area (Å²) in [6.07, 6.45) is 0. The number of benzene rings is 1. The largest absolute Gasteiger partial charge is 0.394 e. The van der Waals surface area contributed by atoms with E-state index < -0.39 is 25.4 Å². The Morgan fingerprint density at radius 3 is 2.26 bits per heavy atom. The van der Waals surface area contributed by atoms with E-state index in [0.29, 0.717) is 5.69 Å². The number of hydrogen-bond acceptors (Lipinski definition) is 5. The molecule has 5 N–H and O–H groups in total. The summed E-state index contributed by atoms with van der Waals surface area (Å²) in [6, 6.07) is 7.14. The molecule has 0 aliphatic rings. The van der Waals surface area contributed by atoms with Crippen LogP contribution in [0, 0.1) is 0 Å². The molecule has 6 nitrogen and oxygen atoms in total. The molecule has 106 valence electrons. The van der Waals surface area contributed by atoms with Gasteiger partial charge in [0.2, 0.25) is 5.91 Å². The van der Waals surface area contributed by atoms with E-state index in [1.165, 1.54) is 0 Å². The minimum absolute atomic E-state index is 0.136. The second-order valence-corrected chi connectivity index (χ2v) is 4.99. The van der Waals surface area contributed by atoms with Gasteiger partial charge < -0.3 is 20.6 Å². The molecule has 0 heterocycles. The molecule has 1 aromatic rings. The lowest BCUT2D eigenvalue weighted by Gasteiger charge is -2.28. The van der Waals surface area contributed by atoms with Crippen LogP contribution >= 0.6 is 15.9 Å². The summed E-state index contributed by atoms with van der Waals surface area (Å²) >= 11 is 3.30. The average molecular weight is 333 g/mol. The summed E-state index contributed by atoms with van der Waals surface area (Å²) < 4.78 is 0.751. The van der Waals surface area contributed by atoms with Crippen molar-refractivity contribution in [3.8, 4) is 0 Å². The van der Waals surface area contributed by atoms with E-state index >= 15 is 0 Å². The highest BCUT2D eigenvalue weighted by molar-refractivity contribution is 9.10. The highest BCUT2D eigenvalue weighted by Crippen LogP contribution is 2.20. The monoisotopic (exact) mass is 332 g/mol. The van der Waals surface area contributed by atoms with E-state index in [0.717, 1.165) is 4.47 Å². The van der Waals surface area contributed by atoms with E-state index in [2.05, 4.69) is 26.6 Å². The number of hydrogen-bond donors (Lipinski definition) is 5. The van der Waals surface area contributed by atoms with Gasteiger partial charge in [-0.2, -0.15) is 0 Å². The Kier molecular flexibility index (Phi) is 6.40. The number of amides is 1. The summed E-state index contributed by atoms with van der Waals surface area (Å²) in [6.45, 7) is -1.55. The topological polar surface area (TPSA) is 102 Å². The maximum Gasteiger partial charge on any atom is 0.238 e. The normalized spacial score (nSPS) is 11.4. The number of nitrogens with one attached hydrogen (secondary N) is 2. The Morgan fingerprint density at radius 2 is 1.74 bits per heavy atom. The number of anilines is 1. The highest BCUT2D eigenvalue weighted by atomic mass is 79.9. The number of aliphatic hydroxyl groups excluding tert-OH is 3. The Bertz CT molecular complexity index is 416. The molecule has 1 rings (SSSR count). The van der Waals surface area contributed by atoms with Crippen molar-refractivity contribution in [2.45, 2.75) is 5.54 Å². The fourth-order valence-corrected chi connectivity index (χ4v) is 1.73. The Labute approximate surface area is 119 Å². The number of para-hydroxylation sites is 1. The third-order valence-corrected chi connectivity index (χ3v) is 3.37. The van der Waals surface area contributed by atoms with Crippen LogP contribution in [-0.4, -0.2) is 53.1 Å². The molecule has 19 heavy (non-hydrogen) atoms. The molecule has 0 aliphatic heterocycles. The van der Waals surface area contributed by atoms with Crippen molar-refractivity contribution in [1.82, 2.24) is 5.32 Å². The van der Waals surface area contributed by atoms with Crippen molar-refractivity contribution in [1.29, 1.82) is 0 Å². The highest BCUT2D eigenvalue weighted by Gasteiger charge is 2.27. The van der Waals surface area contributed by atoms with E-state index in [-0.39, 0.29) is 12.5 Å². The van der Waals surface area contributed by atoms with Crippen LogP contribution in [-0.2, 0) is 4.79 Å². The maximum atomic E-state index is 11.7. The van der Waals surface area contributed by atoms with Gasteiger partial charge in [-0.25, -0.2) is 0 Å². The third-order valence-electron chi connectivity index (χ3n) is 2.68. The zero-order valence-corrected chi connectivity index (χ0v) is 11.9. The summed E-state index contributed by atoms with van der Waals surface area (Å²) in [7, 11) is 0. The van der Waals surface area contributed by atoms with Crippen LogP contribution in [0.15, 0.2) is 28.7 Å². The molecule has 0 saturated carbocycles. The van der Waals surface area contributed by atoms with Crippen LogP contribution < -0.4 is 10.6 Å². The van der Waals surface area contributed by atoms with Gasteiger partial charge in [-0.3, -0.25) is 10.1 Å². The van der Waals surface area contributed by atoms with Crippen LogP contribution in [0.5, 0.6) is 0 Å². The van der Waals surface area contributed by atoms with E-state index in [4.69, 9.17) is 15.3 Å². The van der Waals surface area contributed by atoms with Crippen molar-refractivity contribution in [3.63, 3.8) is 0 Å². The minimum Gasteiger partial charge on any atom is -0.394 e. The molecule has 0 bridgehead atoms. The van der Waals surface area contributed by atoms with Crippen LogP contribution in [0.4, 0.5) is 5.69 Å². The third kappa shape index (κ3) is 4.55. The number of carbonyl (C=O) groups excluding carboxylic acids is 1. The van der Waals surface area contributed by atoms with E-state index in [1.54, 1.807) is 18.2 Å². The van der Waals surface area contributed by atoms with Gasteiger partial charge in [0.1, 0.15) is 0 Å². The zero-order chi connectivity index (χ0) is 14.3. The number of carbonyl (C=O) groups is 1. The zero-order valence-electron chi connectivity index (χ0n) is 10.3. The van der Waals surface area contributed by atoms with Gasteiger partial charge in [-0.1, -0.05) is 12.1 Å². The van der Waals surface area contributed by atoms with Crippen LogP contribution in [0.3, 0.4) is 0 Å². The van der Waals surface area contributed by atoms with Gasteiger partial charge >= 0.3 is 0 Å². The number of rotatable bonds is 7. The van der Waals surface area contributed by atoms with Gasteiger partial charge in [0.25, 0.3) is 0 Å². The molecular weight excluding hydrogens is 316 g/mol. The van der Waals surface area contributed by atoms with Crippen LogP contribution in [0.2, 0.25) is 0 Å². The molecule has 0 aromatic heterocycles. The fraction of sp³-hybridized carbons (Fsp3) is 0.417. The van der Waals surface area contributed by atoms with Crippen molar-refractivity contribution in [3.05, 3.63) is 28.7 Å². The van der Waals surface area contributed by atoms with E-state index in [1.807, 2.05) is 6.07 Å². The lowest BCUT2D eigenvalue weighted by atomic mass is 10.0. The Hall–Kier alpha value is -0.990. The quantitative estimate of drug-likeness (QED) is 0.471. The molecule has 0 unspecified atom stereocenters. The molecule has 0 fully saturated rings. The first-order valence-electron chi connectivity index (χ1n) is 5.69. The summed E-state index contributed by atoms with van der Waals surface area (Å²) in [5.41, 5.74) is -0.637. The molecule has 0 aliphatic carbocycles. The van der Waals surface area contributed by atoms with Crippen molar-refractivity contribution in [2.24, 2.45) is 0 Å². The molecule has 0 spiro atoms. The molecule has 0 radical (unpaired) electrons. The van der Waals surface area contributed by atoms with Crippen molar-refractivity contribution < 1.29 is 20.1 Å². The summed E-state index contributed by atoms with van der Waals surface area (Å²) in [5, 5.41) is 32.6. The Balaban J connectivity index is 2.55. The molecule has 7 heteroatoms. The second kappa shape index (κ2) is 7.56. The number of aliphatic hydroxyl groups is 3. The molecule has 1 amide bonds. The number of halogens is 1. The van der Waals surface area contributed by atoms with Gasteiger partial charge in [0.05, 0.1) is 37.6 Å². The van der Waals surface area contributed by atoms with Crippen LogP contribution in [0.1, 0.15) is 0 Å². The first-order chi connectivity index (χ1) is 9.06. The summed E-state index contributed by atoms with van der Waals surface area (Å²) in [5.74, 6) is -0.341. The smallest absolute Gasteiger partial charge is 0.238 e. The first-order valence-corrected chi connectivity index (χ1v) is 6.48. The lowest BCUT2D eigenvalue weighted by molar-refractivity contribution is -0.116. The first kappa shape index (κ1) is 16.1. The molecule has 1 aromatic carbocycles. The predicted molar refractivity (Wildman–Crippen MR) is 74.8 cm³/mol. The van der Waals surface area contributed by atoms with Gasteiger partial charge in [-0.15, -0.1) is 0 Å². The van der Waals surface area contributed by atoms with Gasteiger partial charge in [0.15, 0.2) is 0 Å². The van der Waals surface area contributed by atoms with Crippen molar-refractivity contribution >= 4 is 27.5 Å². The maximum absolute atomic E-state index is 11.7. The molecule has 0 atom stereocenters.